The minimum absolute atomic E-state index is 0.0473. The largest absolute Gasteiger partial charge is 0.463 e. The molecule has 0 radical (unpaired) electrons. The van der Waals surface area contributed by atoms with E-state index in [1.54, 1.807) is 4.90 Å². The van der Waals surface area contributed by atoms with Crippen LogP contribution in [0.4, 0.5) is 0 Å². The molecule has 0 bridgehead atoms. The smallest absolute Gasteiger partial charge is 0.306 e. The molecular weight excluding hydrogens is 382 g/mol. The van der Waals surface area contributed by atoms with Crippen LogP contribution in [0.1, 0.15) is 24.8 Å². The lowest BCUT2D eigenvalue weighted by atomic mass is 10.1. The first-order chi connectivity index (χ1) is 13.4. The third-order valence-corrected chi connectivity index (χ3v) is 4.14. The summed E-state index contributed by atoms with van der Waals surface area (Å²) in [6.07, 6.45) is 0.718. The number of carbonyl (C=O) groups is 3. The minimum atomic E-state index is -0.479. The van der Waals surface area contributed by atoms with Crippen LogP contribution < -0.4 is 11.1 Å². The minimum Gasteiger partial charge on any atom is -0.463 e. The normalized spacial score (nSPS) is 10.2. The monoisotopic (exact) mass is 409 g/mol. The van der Waals surface area contributed by atoms with E-state index in [2.05, 4.69) is 5.32 Å². The first-order valence-corrected chi connectivity index (χ1v) is 9.38. The summed E-state index contributed by atoms with van der Waals surface area (Å²) in [4.78, 5) is 36.4. The number of amides is 2. The van der Waals surface area contributed by atoms with Gasteiger partial charge in [-0.05, 0) is 24.2 Å². The van der Waals surface area contributed by atoms with Gasteiger partial charge in [0.05, 0.1) is 13.0 Å². The summed E-state index contributed by atoms with van der Waals surface area (Å²) < 4.78 is 9.68. The summed E-state index contributed by atoms with van der Waals surface area (Å²) >= 11 is 5.29. The molecule has 0 spiro atoms. The van der Waals surface area contributed by atoms with Gasteiger partial charge in [0, 0.05) is 33.0 Å². The summed E-state index contributed by atoms with van der Waals surface area (Å²) in [6.45, 7) is 1.28. The number of nitrogens with one attached hydrogen (secondary N) is 1. The number of methoxy groups -OCH3 is 1. The molecule has 0 fully saturated rings. The molecule has 0 unspecified atom stereocenters. The van der Waals surface area contributed by atoms with Gasteiger partial charge in [-0.1, -0.05) is 30.3 Å². The number of esters is 1. The third-order valence-electron chi connectivity index (χ3n) is 3.78. The van der Waals surface area contributed by atoms with Gasteiger partial charge in [0.1, 0.15) is 6.61 Å². The Balaban J connectivity index is 2.48. The quantitative estimate of drug-likeness (QED) is 0.298. The molecule has 3 N–H and O–H groups in total. The van der Waals surface area contributed by atoms with E-state index in [1.165, 1.54) is 7.11 Å². The highest BCUT2D eigenvalue weighted by molar-refractivity contribution is 7.80. The number of benzene rings is 1. The van der Waals surface area contributed by atoms with E-state index in [0.29, 0.717) is 26.1 Å². The van der Waals surface area contributed by atoms with Crippen LogP contribution in [0.3, 0.4) is 0 Å². The molecule has 0 aliphatic heterocycles. The van der Waals surface area contributed by atoms with Crippen molar-refractivity contribution in [2.45, 2.75) is 25.7 Å². The molecule has 0 atom stereocenters. The van der Waals surface area contributed by atoms with Gasteiger partial charge in [-0.3, -0.25) is 14.4 Å². The summed E-state index contributed by atoms with van der Waals surface area (Å²) in [7, 11) is 1.50. The van der Waals surface area contributed by atoms with Crippen molar-refractivity contribution >= 4 is 35.1 Å². The van der Waals surface area contributed by atoms with Gasteiger partial charge in [-0.25, -0.2) is 0 Å². The molecule has 1 aromatic rings. The molecule has 1 rings (SSSR count). The number of hydrogen-bond acceptors (Lipinski definition) is 6. The Kier molecular flexibility index (Phi) is 11.4. The second-order valence-corrected chi connectivity index (χ2v) is 6.39. The van der Waals surface area contributed by atoms with Crippen LogP contribution >= 0.6 is 12.2 Å². The maximum Gasteiger partial charge on any atom is 0.306 e. The average Bonchev–Trinajstić information content (AvgIpc) is 2.67. The molecular formula is C19H27N3O5S. The molecule has 1 aromatic carbocycles. The van der Waals surface area contributed by atoms with E-state index >= 15 is 0 Å². The van der Waals surface area contributed by atoms with Crippen LogP contribution in [0, 0.1) is 0 Å². The van der Waals surface area contributed by atoms with Crippen LogP contribution in [-0.4, -0.2) is 61.2 Å². The number of primary amides is 1. The fourth-order valence-electron chi connectivity index (χ4n) is 2.26. The average molecular weight is 410 g/mol. The van der Waals surface area contributed by atoms with Crippen LogP contribution in [0.15, 0.2) is 30.3 Å². The second kappa shape index (κ2) is 13.6. The number of nitrogens with two attached hydrogens (primary N) is 1. The highest BCUT2D eigenvalue weighted by Gasteiger charge is 2.15. The van der Waals surface area contributed by atoms with Crippen LogP contribution in [0.5, 0.6) is 0 Å². The maximum absolute atomic E-state index is 12.1. The first-order valence-electron chi connectivity index (χ1n) is 8.98. The van der Waals surface area contributed by atoms with Gasteiger partial charge < -0.3 is 25.4 Å². The summed E-state index contributed by atoms with van der Waals surface area (Å²) in [6, 6.07) is 9.79. The molecule has 0 heterocycles. The Hall–Kier alpha value is -2.52. The summed E-state index contributed by atoms with van der Waals surface area (Å²) in [5, 5.41) is 2.80. The number of thiocarbonyl (C=S) groups is 1. The zero-order chi connectivity index (χ0) is 20.8. The summed E-state index contributed by atoms with van der Waals surface area (Å²) in [5.74, 6) is -1.32. The van der Waals surface area contributed by atoms with Crippen molar-refractivity contribution in [1.29, 1.82) is 0 Å². The fraction of sp³-hybridized carbons (Fsp3) is 0.474. The fourth-order valence-corrected chi connectivity index (χ4v) is 2.55. The highest BCUT2D eigenvalue weighted by atomic mass is 32.1. The molecule has 0 aliphatic rings. The van der Waals surface area contributed by atoms with Gasteiger partial charge in [0.2, 0.25) is 11.8 Å². The maximum atomic E-state index is 12.1. The molecule has 0 aromatic heterocycles. The molecule has 9 heteroatoms. The van der Waals surface area contributed by atoms with E-state index in [1.807, 2.05) is 30.3 Å². The number of carbonyl (C=O) groups excluding carboxylic acids is 3. The van der Waals surface area contributed by atoms with Crippen molar-refractivity contribution in [3.05, 3.63) is 35.9 Å². The first kappa shape index (κ1) is 23.5. The lowest BCUT2D eigenvalue weighted by Crippen LogP contribution is -2.44. The lowest BCUT2D eigenvalue weighted by Gasteiger charge is -2.25. The van der Waals surface area contributed by atoms with E-state index in [-0.39, 0.29) is 31.0 Å². The Bertz CT molecular complexity index is 654. The van der Waals surface area contributed by atoms with E-state index in [9.17, 15) is 14.4 Å². The van der Waals surface area contributed by atoms with E-state index in [0.717, 1.165) is 5.56 Å². The Morgan fingerprint density at radius 2 is 1.79 bits per heavy atom. The topological polar surface area (TPSA) is 111 Å². The van der Waals surface area contributed by atoms with Crippen LogP contribution in [0.25, 0.3) is 0 Å². The summed E-state index contributed by atoms with van der Waals surface area (Å²) in [5.41, 5.74) is 6.33. The molecule has 154 valence electrons. The van der Waals surface area contributed by atoms with E-state index in [4.69, 9.17) is 27.4 Å². The van der Waals surface area contributed by atoms with Crippen molar-refractivity contribution < 1.29 is 23.9 Å². The number of rotatable bonds is 12. The van der Waals surface area contributed by atoms with Crippen LogP contribution in [0.2, 0.25) is 0 Å². The zero-order valence-corrected chi connectivity index (χ0v) is 16.8. The van der Waals surface area contributed by atoms with Crippen molar-refractivity contribution in [2.75, 3.05) is 33.4 Å². The van der Waals surface area contributed by atoms with Crippen molar-refractivity contribution in [3.8, 4) is 0 Å². The van der Waals surface area contributed by atoms with Gasteiger partial charge in [-0.2, -0.15) is 0 Å². The SMILES string of the molecule is COCCOC(=O)CCC(=O)NC(=S)N(CCC(N)=O)CCc1ccccc1. The van der Waals surface area contributed by atoms with Crippen molar-refractivity contribution in [3.63, 3.8) is 0 Å². The molecule has 0 aliphatic carbocycles. The predicted molar refractivity (Wildman–Crippen MR) is 108 cm³/mol. The van der Waals surface area contributed by atoms with Gasteiger partial charge in [-0.15, -0.1) is 0 Å². The zero-order valence-electron chi connectivity index (χ0n) is 16.0. The molecule has 0 saturated heterocycles. The number of ether oxygens (including phenoxy) is 2. The van der Waals surface area contributed by atoms with Crippen LogP contribution in [-0.2, 0) is 30.3 Å². The second-order valence-electron chi connectivity index (χ2n) is 6.01. The van der Waals surface area contributed by atoms with Crippen molar-refractivity contribution in [1.82, 2.24) is 10.2 Å². The predicted octanol–water partition coefficient (Wildman–Crippen LogP) is 0.777. The Morgan fingerprint density at radius 1 is 1.07 bits per heavy atom. The Morgan fingerprint density at radius 3 is 2.43 bits per heavy atom. The highest BCUT2D eigenvalue weighted by Crippen LogP contribution is 2.03. The molecule has 2 amide bonds. The third kappa shape index (κ3) is 10.6. The van der Waals surface area contributed by atoms with Gasteiger partial charge >= 0.3 is 5.97 Å². The lowest BCUT2D eigenvalue weighted by molar-refractivity contribution is -0.146. The standard InChI is InChI=1S/C19H27N3O5S/c1-26-13-14-27-18(25)8-7-17(24)21-19(28)22(12-10-16(20)23)11-9-15-5-3-2-4-6-15/h2-6H,7-14H2,1H3,(H2,20,23)(H,21,24,28). The van der Waals surface area contributed by atoms with E-state index < -0.39 is 17.8 Å². The van der Waals surface area contributed by atoms with Gasteiger partial charge in [0.15, 0.2) is 5.11 Å². The molecule has 8 nitrogen and oxygen atoms in total. The Labute approximate surface area is 170 Å². The molecule has 28 heavy (non-hydrogen) atoms. The van der Waals surface area contributed by atoms with Crippen molar-refractivity contribution in [2.24, 2.45) is 5.73 Å². The molecule has 0 saturated carbocycles. The number of nitrogens with zero attached hydrogens (tertiary/aromatic N) is 1. The number of hydrogen-bond donors (Lipinski definition) is 2. The van der Waals surface area contributed by atoms with Gasteiger partial charge in [0.25, 0.3) is 0 Å².